The molecule has 1 aromatic carbocycles. The predicted octanol–water partition coefficient (Wildman–Crippen LogP) is 3.66. The fourth-order valence-corrected chi connectivity index (χ4v) is 3.67. The fourth-order valence-electron chi connectivity index (χ4n) is 3.67. The minimum atomic E-state index is -0.217. The van der Waals surface area contributed by atoms with Crippen LogP contribution in [0.5, 0.6) is 0 Å². The Morgan fingerprint density at radius 1 is 1.09 bits per heavy atom. The van der Waals surface area contributed by atoms with Crippen molar-refractivity contribution in [3.8, 4) is 0 Å². The van der Waals surface area contributed by atoms with Gasteiger partial charge in [0.05, 0.1) is 25.8 Å². The third-order valence-corrected chi connectivity index (χ3v) is 5.37. The summed E-state index contributed by atoms with van der Waals surface area (Å²) >= 11 is 0. The summed E-state index contributed by atoms with van der Waals surface area (Å²) in [6.45, 7) is 8.32. The maximum Gasteiger partial charge on any atom is 0.191 e. The van der Waals surface area contributed by atoms with Crippen LogP contribution in [0, 0.1) is 5.82 Å². The molecule has 0 amide bonds. The van der Waals surface area contributed by atoms with Gasteiger partial charge >= 0.3 is 0 Å². The van der Waals surface area contributed by atoms with Crippen LogP contribution in [0.1, 0.15) is 31.4 Å². The standard InChI is InChI=1S/C24H35FN6O.HI/c1-2-26-24(29-14-6-5-13-28-23-7-3-4-12-27-23)30-19-22(31-15-17-32-18-16-31)20-8-10-21(25)11-9-20;/h3-4,7-12,22H,2,5-6,13-19H2,1H3,(H,27,28)(H2,26,29,30);1H. The van der Waals surface area contributed by atoms with Crippen molar-refractivity contribution in [2.75, 3.05) is 57.8 Å². The fraction of sp³-hybridized carbons (Fsp3) is 0.500. The first-order valence-corrected chi connectivity index (χ1v) is 11.5. The highest BCUT2D eigenvalue weighted by molar-refractivity contribution is 14.0. The van der Waals surface area contributed by atoms with Gasteiger partial charge in [0.1, 0.15) is 11.6 Å². The molecular formula is C24H36FIN6O. The van der Waals surface area contributed by atoms with E-state index in [2.05, 4.69) is 32.8 Å². The minimum Gasteiger partial charge on any atom is -0.379 e. The second-order valence-corrected chi connectivity index (χ2v) is 7.71. The molecule has 2 heterocycles. The quantitative estimate of drug-likeness (QED) is 0.166. The van der Waals surface area contributed by atoms with E-state index < -0.39 is 0 Å². The number of benzene rings is 1. The second-order valence-electron chi connectivity index (χ2n) is 7.71. The number of aliphatic imine (C=N–C) groups is 1. The monoisotopic (exact) mass is 570 g/mol. The van der Waals surface area contributed by atoms with Gasteiger partial charge in [-0.2, -0.15) is 0 Å². The van der Waals surface area contributed by atoms with Gasteiger partial charge in [-0.1, -0.05) is 18.2 Å². The lowest BCUT2D eigenvalue weighted by Crippen LogP contribution is -2.42. The summed E-state index contributed by atoms with van der Waals surface area (Å²) in [7, 11) is 0. The van der Waals surface area contributed by atoms with Crippen LogP contribution >= 0.6 is 24.0 Å². The van der Waals surface area contributed by atoms with E-state index in [-0.39, 0.29) is 35.8 Å². The normalized spacial score (nSPS) is 15.4. The van der Waals surface area contributed by atoms with E-state index in [1.54, 1.807) is 6.20 Å². The largest absolute Gasteiger partial charge is 0.379 e. The van der Waals surface area contributed by atoms with Crippen molar-refractivity contribution >= 4 is 35.8 Å². The zero-order valence-electron chi connectivity index (χ0n) is 19.3. The van der Waals surface area contributed by atoms with Crippen molar-refractivity contribution in [1.29, 1.82) is 0 Å². The number of unbranched alkanes of at least 4 members (excludes halogenated alkanes) is 1. The number of aromatic nitrogens is 1. The van der Waals surface area contributed by atoms with E-state index in [9.17, 15) is 4.39 Å². The van der Waals surface area contributed by atoms with Gasteiger partial charge in [0.2, 0.25) is 0 Å². The van der Waals surface area contributed by atoms with E-state index >= 15 is 0 Å². The Morgan fingerprint density at radius 3 is 2.55 bits per heavy atom. The summed E-state index contributed by atoms with van der Waals surface area (Å²) in [4.78, 5) is 11.5. The van der Waals surface area contributed by atoms with Crippen LogP contribution in [-0.4, -0.2) is 68.3 Å². The molecule has 33 heavy (non-hydrogen) atoms. The number of guanidine groups is 1. The van der Waals surface area contributed by atoms with E-state index in [4.69, 9.17) is 9.73 Å². The molecule has 3 N–H and O–H groups in total. The lowest BCUT2D eigenvalue weighted by molar-refractivity contribution is 0.0179. The van der Waals surface area contributed by atoms with Gasteiger partial charge < -0.3 is 20.7 Å². The maximum atomic E-state index is 13.4. The van der Waals surface area contributed by atoms with E-state index in [1.807, 2.05) is 30.3 Å². The number of nitrogens with one attached hydrogen (secondary N) is 3. The summed E-state index contributed by atoms with van der Waals surface area (Å²) in [6.07, 6.45) is 3.85. The number of hydrogen-bond acceptors (Lipinski definition) is 5. The maximum absolute atomic E-state index is 13.4. The summed E-state index contributed by atoms with van der Waals surface area (Å²) < 4.78 is 19.0. The molecule has 1 fully saturated rings. The summed E-state index contributed by atoms with van der Waals surface area (Å²) in [5.41, 5.74) is 1.08. The van der Waals surface area contributed by atoms with Crippen LogP contribution in [-0.2, 0) is 4.74 Å². The van der Waals surface area contributed by atoms with Crippen molar-refractivity contribution in [2.45, 2.75) is 25.8 Å². The van der Waals surface area contributed by atoms with Crippen LogP contribution in [0.15, 0.2) is 53.7 Å². The predicted molar refractivity (Wildman–Crippen MR) is 143 cm³/mol. The van der Waals surface area contributed by atoms with Gasteiger partial charge in [-0.25, -0.2) is 9.37 Å². The van der Waals surface area contributed by atoms with Gasteiger partial charge in [0, 0.05) is 38.9 Å². The first-order valence-electron chi connectivity index (χ1n) is 11.5. The van der Waals surface area contributed by atoms with Crippen LogP contribution in [0.4, 0.5) is 10.2 Å². The van der Waals surface area contributed by atoms with Crippen molar-refractivity contribution in [2.24, 2.45) is 4.99 Å². The summed E-state index contributed by atoms with van der Waals surface area (Å²) in [5, 5.41) is 10.1. The Hall–Kier alpha value is -1.98. The molecule has 7 nitrogen and oxygen atoms in total. The Kier molecular flexibility index (Phi) is 13.0. The van der Waals surface area contributed by atoms with Gasteiger partial charge in [0.15, 0.2) is 5.96 Å². The number of anilines is 1. The van der Waals surface area contributed by atoms with Crippen LogP contribution in [0.2, 0.25) is 0 Å². The van der Waals surface area contributed by atoms with Gasteiger partial charge in [-0.05, 0) is 49.6 Å². The van der Waals surface area contributed by atoms with E-state index in [1.165, 1.54) is 12.1 Å². The molecule has 0 aliphatic carbocycles. The first-order chi connectivity index (χ1) is 15.8. The van der Waals surface area contributed by atoms with Crippen LogP contribution < -0.4 is 16.0 Å². The molecule has 1 saturated heterocycles. The third-order valence-electron chi connectivity index (χ3n) is 5.37. The average Bonchev–Trinajstić information content (AvgIpc) is 2.83. The number of hydrogen-bond donors (Lipinski definition) is 3. The smallest absolute Gasteiger partial charge is 0.191 e. The van der Waals surface area contributed by atoms with Gasteiger partial charge in [-0.3, -0.25) is 9.89 Å². The van der Waals surface area contributed by atoms with Gasteiger partial charge in [-0.15, -0.1) is 24.0 Å². The lowest BCUT2D eigenvalue weighted by Gasteiger charge is -2.34. The SMILES string of the molecule is CCNC(=NCC(c1ccc(F)cc1)N1CCOCC1)NCCCCNc1ccccn1.I. The molecule has 2 aromatic rings. The third kappa shape index (κ3) is 9.81. The molecule has 1 aliphatic heterocycles. The molecule has 9 heteroatoms. The molecule has 0 saturated carbocycles. The number of morpholine rings is 1. The number of nitrogens with zero attached hydrogens (tertiary/aromatic N) is 3. The molecule has 0 radical (unpaired) electrons. The van der Waals surface area contributed by atoms with E-state index in [0.717, 1.165) is 62.9 Å². The lowest BCUT2D eigenvalue weighted by atomic mass is 10.0. The zero-order valence-corrected chi connectivity index (χ0v) is 21.6. The topological polar surface area (TPSA) is 73.8 Å². The first kappa shape index (κ1) is 27.3. The highest BCUT2D eigenvalue weighted by Crippen LogP contribution is 2.22. The van der Waals surface area contributed by atoms with Crippen LogP contribution in [0.3, 0.4) is 0 Å². The summed E-state index contributed by atoms with van der Waals surface area (Å²) in [5.74, 6) is 1.50. The molecule has 1 aromatic heterocycles. The molecule has 3 rings (SSSR count). The average molecular weight is 570 g/mol. The molecule has 1 aliphatic rings. The Morgan fingerprint density at radius 2 is 1.85 bits per heavy atom. The molecule has 0 spiro atoms. The second kappa shape index (κ2) is 15.8. The van der Waals surface area contributed by atoms with Crippen molar-refractivity contribution in [3.05, 3.63) is 60.0 Å². The van der Waals surface area contributed by atoms with Gasteiger partial charge in [0.25, 0.3) is 0 Å². The molecule has 0 bridgehead atoms. The number of halogens is 2. The molecule has 1 atom stereocenters. The highest BCUT2D eigenvalue weighted by atomic mass is 127. The zero-order chi connectivity index (χ0) is 22.4. The van der Waals surface area contributed by atoms with E-state index in [0.29, 0.717) is 19.8 Å². The van der Waals surface area contributed by atoms with Crippen LogP contribution in [0.25, 0.3) is 0 Å². The molecule has 182 valence electrons. The number of ether oxygens (including phenoxy) is 1. The van der Waals surface area contributed by atoms with Crippen molar-refractivity contribution in [1.82, 2.24) is 20.5 Å². The Bertz CT molecular complexity index is 802. The molecule has 1 unspecified atom stereocenters. The highest BCUT2D eigenvalue weighted by Gasteiger charge is 2.22. The number of rotatable bonds is 11. The van der Waals surface area contributed by atoms with Crippen molar-refractivity contribution in [3.63, 3.8) is 0 Å². The number of pyridine rings is 1. The Labute approximate surface area is 213 Å². The summed E-state index contributed by atoms with van der Waals surface area (Å²) in [6, 6.07) is 12.7. The Balaban J connectivity index is 0.00000385. The minimum absolute atomic E-state index is 0. The van der Waals surface area contributed by atoms with Crippen molar-refractivity contribution < 1.29 is 9.13 Å². The molecular weight excluding hydrogens is 534 g/mol.